The van der Waals surface area contributed by atoms with Gasteiger partial charge in [0.2, 0.25) is 11.8 Å². The summed E-state index contributed by atoms with van der Waals surface area (Å²) < 4.78 is 52.6. The average Bonchev–Trinajstić information content (AvgIpc) is 3.46. The Morgan fingerprint density at radius 1 is 1.17 bits per heavy atom. The number of halogens is 3. The van der Waals surface area contributed by atoms with Crippen LogP contribution in [-0.2, 0) is 11.3 Å². The molecule has 0 bridgehead atoms. The first kappa shape index (κ1) is 24.3. The molecule has 0 aliphatic heterocycles. The van der Waals surface area contributed by atoms with Gasteiger partial charge in [-0.1, -0.05) is 11.3 Å². The summed E-state index contributed by atoms with van der Waals surface area (Å²) in [7, 11) is 1.51. The van der Waals surface area contributed by atoms with Gasteiger partial charge in [-0.15, -0.1) is 10.2 Å². The highest BCUT2D eigenvalue weighted by atomic mass is 19.4. The highest BCUT2D eigenvalue weighted by molar-refractivity contribution is 5.89. The number of nitrogens with one attached hydrogen (secondary N) is 1. The van der Waals surface area contributed by atoms with Crippen LogP contribution < -0.4 is 10.1 Å². The van der Waals surface area contributed by atoms with Crippen LogP contribution in [0.2, 0.25) is 0 Å². The van der Waals surface area contributed by atoms with E-state index in [-0.39, 0.29) is 24.3 Å². The van der Waals surface area contributed by atoms with Gasteiger partial charge in [-0.25, -0.2) is 9.20 Å². The fourth-order valence-corrected chi connectivity index (χ4v) is 4.62. The van der Waals surface area contributed by atoms with Gasteiger partial charge in [0.05, 0.1) is 31.9 Å². The third kappa shape index (κ3) is 5.07. The third-order valence-electron chi connectivity index (χ3n) is 6.28. The van der Waals surface area contributed by atoms with Gasteiger partial charge >= 0.3 is 6.18 Å². The first-order valence-corrected chi connectivity index (χ1v) is 11.7. The highest BCUT2D eigenvalue weighted by Gasteiger charge is 2.30. The quantitative estimate of drug-likeness (QED) is 0.375. The standard InChI is InChI=1S/C23H26F3N7O3/c1-35-21-20-17(14-2-7-18-19(12-14)33(31-29-18)13-23(24,25)26)8-9-32(20)30-22(28-21)27-15-3-5-16(6-4-15)36-11-10-34/h2,7-9,12,15-16,34H,3-6,10-11,13H2,1H3,(H,27,30). The van der Waals surface area contributed by atoms with E-state index in [1.165, 1.54) is 7.11 Å². The molecule has 36 heavy (non-hydrogen) atoms. The number of nitrogens with zero attached hydrogens (tertiary/aromatic N) is 6. The molecule has 0 radical (unpaired) electrons. The second-order valence-corrected chi connectivity index (χ2v) is 8.75. The minimum Gasteiger partial charge on any atom is -0.479 e. The van der Waals surface area contributed by atoms with E-state index in [1.54, 1.807) is 28.9 Å². The lowest BCUT2D eigenvalue weighted by Crippen LogP contribution is -2.31. The largest absolute Gasteiger partial charge is 0.479 e. The lowest BCUT2D eigenvalue weighted by atomic mass is 9.93. The Balaban J connectivity index is 1.41. The molecule has 2 N–H and O–H groups in total. The van der Waals surface area contributed by atoms with Crippen LogP contribution in [0.4, 0.5) is 19.1 Å². The minimum atomic E-state index is -4.41. The van der Waals surface area contributed by atoms with Crippen molar-refractivity contribution in [1.82, 2.24) is 29.6 Å². The molecular weight excluding hydrogens is 479 g/mol. The summed E-state index contributed by atoms with van der Waals surface area (Å²) in [6.45, 7) is -0.850. The summed E-state index contributed by atoms with van der Waals surface area (Å²) in [6, 6.07) is 7.03. The van der Waals surface area contributed by atoms with Crippen LogP contribution in [0.5, 0.6) is 5.88 Å². The lowest BCUT2D eigenvalue weighted by molar-refractivity contribution is -0.142. The van der Waals surface area contributed by atoms with Crippen molar-refractivity contribution in [3.05, 3.63) is 30.5 Å². The predicted octanol–water partition coefficient (Wildman–Crippen LogP) is 3.44. The molecule has 3 heterocycles. The number of aliphatic hydroxyl groups is 1. The zero-order chi connectivity index (χ0) is 25.3. The number of fused-ring (bicyclic) bond motifs is 2. The minimum absolute atomic E-state index is 0.0205. The Morgan fingerprint density at radius 2 is 1.97 bits per heavy atom. The van der Waals surface area contributed by atoms with Crippen molar-refractivity contribution >= 4 is 22.5 Å². The maximum atomic E-state index is 13.0. The molecule has 5 rings (SSSR count). The molecule has 10 nitrogen and oxygen atoms in total. The molecule has 1 aliphatic rings. The number of anilines is 1. The van der Waals surface area contributed by atoms with Crippen LogP contribution >= 0.6 is 0 Å². The third-order valence-corrected chi connectivity index (χ3v) is 6.28. The number of aliphatic hydroxyl groups excluding tert-OH is 1. The van der Waals surface area contributed by atoms with Crippen molar-refractivity contribution < 1.29 is 27.8 Å². The zero-order valence-corrected chi connectivity index (χ0v) is 19.6. The van der Waals surface area contributed by atoms with Crippen molar-refractivity contribution in [3.63, 3.8) is 0 Å². The number of rotatable bonds is 8. The van der Waals surface area contributed by atoms with Gasteiger partial charge in [0.25, 0.3) is 0 Å². The number of hydrogen-bond donors (Lipinski definition) is 2. The normalized spacial score (nSPS) is 18.7. The van der Waals surface area contributed by atoms with E-state index in [9.17, 15) is 13.2 Å². The Kier molecular flexibility index (Phi) is 6.67. The molecule has 0 atom stereocenters. The maximum Gasteiger partial charge on any atom is 0.408 e. The van der Waals surface area contributed by atoms with Crippen LogP contribution in [-0.4, -0.2) is 73.3 Å². The SMILES string of the molecule is COc1nc(NC2CCC(OCCO)CC2)nn2ccc(-c3ccc4nnn(CC(F)(F)F)c4c3)c12. The fourth-order valence-electron chi connectivity index (χ4n) is 4.62. The monoisotopic (exact) mass is 505 g/mol. The molecule has 1 aromatic carbocycles. The van der Waals surface area contributed by atoms with Crippen molar-refractivity contribution in [1.29, 1.82) is 0 Å². The molecule has 0 saturated heterocycles. The van der Waals surface area contributed by atoms with Crippen molar-refractivity contribution in [3.8, 4) is 17.0 Å². The zero-order valence-electron chi connectivity index (χ0n) is 19.6. The second kappa shape index (κ2) is 9.90. The average molecular weight is 506 g/mol. The number of hydrogen-bond acceptors (Lipinski definition) is 8. The summed E-state index contributed by atoms with van der Waals surface area (Å²) in [5.74, 6) is 0.763. The van der Waals surface area contributed by atoms with Crippen LogP contribution in [0.15, 0.2) is 30.5 Å². The number of ether oxygens (including phenoxy) is 2. The van der Waals surface area contributed by atoms with Crippen LogP contribution in [0.3, 0.4) is 0 Å². The fraction of sp³-hybridized carbons (Fsp3) is 0.478. The summed E-state index contributed by atoms with van der Waals surface area (Å²) in [4.78, 5) is 4.55. The topological polar surface area (TPSA) is 112 Å². The van der Waals surface area contributed by atoms with Crippen LogP contribution in [0.1, 0.15) is 25.7 Å². The molecule has 0 spiro atoms. The van der Waals surface area contributed by atoms with E-state index in [1.807, 2.05) is 6.07 Å². The molecular formula is C23H26F3N7O3. The second-order valence-electron chi connectivity index (χ2n) is 8.75. The molecule has 192 valence electrons. The van der Waals surface area contributed by atoms with Crippen LogP contribution in [0.25, 0.3) is 27.7 Å². The summed E-state index contributed by atoms with van der Waals surface area (Å²) in [6.07, 6.45) is 1.04. The molecule has 1 saturated carbocycles. The van der Waals surface area contributed by atoms with E-state index in [4.69, 9.17) is 14.6 Å². The van der Waals surface area contributed by atoms with E-state index in [0.29, 0.717) is 40.6 Å². The number of methoxy groups -OCH3 is 1. The lowest BCUT2D eigenvalue weighted by Gasteiger charge is -2.29. The molecule has 4 aromatic rings. The van der Waals surface area contributed by atoms with Gasteiger partial charge in [0.15, 0.2) is 0 Å². The van der Waals surface area contributed by atoms with Gasteiger partial charge < -0.3 is 19.9 Å². The Bertz CT molecular complexity index is 1350. The van der Waals surface area contributed by atoms with E-state index in [2.05, 4.69) is 25.7 Å². The van der Waals surface area contributed by atoms with Gasteiger partial charge in [0.1, 0.15) is 17.6 Å². The van der Waals surface area contributed by atoms with Gasteiger partial charge in [-0.05, 0) is 49.4 Å². The van der Waals surface area contributed by atoms with Gasteiger partial charge in [-0.3, -0.25) is 0 Å². The molecule has 1 fully saturated rings. The van der Waals surface area contributed by atoms with Crippen LogP contribution in [0, 0.1) is 0 Å². The summed E-state index contributed by atoms with van der Waals surface area (Å²) >= 11 is 0. The molecule has 0 amide bonds. The molecule has 13 heteroatoms. The van der Waals surface area contributed by atoms with Crippen molar-refractivity contribution in [2.45, 2.75) is 50.6 Å². The van der Waals surface area contributed by atoms with Crippen molar-refractivity contribution in [2.75, 3.05) is 25.6 Å². The van der Waals surface area contributed by atoms with Gasteiger partial charge in [0, 0.05) is 17.8 Å². The summed E-state index contributed by atoms with van der Waals surface area (Å²) in [5, 5.41) is 24.4. The predicted molar refractivity (Wildman–Crippen MR) is 125 cm³/mol. The molecule has 3 aromatic heterocycles. The first-order valence-electron chi connectivity index (χ1n) is 11.7. The Hall–Kier alpha value is -3.45. The van der Waals surface area contributed by atoms with E-state index in [0.717, 1.165) is 30.4 Å². The van der Waals surface area contributed by atoms with E-state index < -0.39 is 12.7 Å². The first-order chi connectivity index (χ1) is 17.3. The number of benzene rings is 1. The smallest absolute Gasteiger partial charge is 0.408 e. The Labute approximate surface area is 204 Å². The summed E-state index contributed by atoms with van der Waals surface area (Å²) in [5.41, 5.74) is 2.62. The maximum absolute atomic E-state index is 13.0. The number of alkyl halides is 3. The van der Waals surface area contributed by atoms with E-state index >= 15 is 0 Å². The highest BCUT2D eigenvalue weighted by Crippen LogP contribution is 2.33. The van der Waals surface area contributed by atoms with Gasteiger partial charge in [-0.2, -0.15) is 18.2 Å². The Morgan fingerprint density at radius 3 is 2.69 bits per heavy atom. The molecule has 0 unspecified atom stereocenters. The molecule has 1 aliphatic carbocycles. The number of aromatic nitrogens is 6. The van der Waals surface area contributed by atoms with Crippen molar-refractivity contribution in [2.24, 2.45) is 0 Å².